The molecule has 0 radical (unpaired) electrons. The molecule has 0 spiro atoms. The molecule has 0 saturated carbocycles. The molecule has 458 valence electrons. The fourth-order valence-corrected chi connectivity index (χ4v) is 13.3. The molecular weight excluding hydrogens is 1180 g/mol. The van der Waals surface area contributed by atoms with Crippen LogP contribution >= 0.6 is 22.7 Å². The van der Waals surface area contributed by atoms with Crippen LogP contribution in [0.5, 0.6) is 17.2 Å². The predicted molar refractivity (Wildman–Crippen MR) is 351 cm³/mol. The van der Waals surface area contributed by atoms with Gasteiger partial charge >= 0.3 is 0 Å². The van der Waals surface area contributed by atoms with Gasteiger partial charge in [-0.15, -0.1) is 29.3 Å². The van der Waals surface area contributed by atoms with E-state index < -0.39 is 23.8 Å². The third-order valence-electron chi connectivity index (χ3n) is 15.8. The molecular formula is C71H66F2N8O7S2. The number of nitrogens with zero attached hydrogens (tertiary/aromatic N) is 5. The Morgan fingerprint density at radius 3 is 2.42 bits per heavy atom. The Morgan fingerprint density at radius 2 is 1.59 bits per heavy atom. The number of rotatable bonds is 18. The van der Waals surface area contributed by atoms with Gasteiger partial charge in [-0.1, -0.05) is 49.1 Å². The average molecular weight is 1250 g/mol. The molecule has 1 unspecified atom stereocenters. The predicted octanol–water partition coefficient (Wildman–Crippen LogP) is 14.5. The number of benzene rings is 3. The largest absolute Gasteiger partial charge is 0.493 e. The van der Waals surface area contributed by atoms with Crippen LogP contribution in [0, 0.1) is 11.6 Å². The van der Waals surface area contributed by atoms with Gasteiger partial charge in [-0.25, -0.2) is 18.7 Å². The lowest BCUT2D eigenvalue weighted by Crippen LogP contribution is -2.35. The van der Waals surface area contributed by atoms with Gasteiger partial charge in [0.15, 0.2) is 0 Å². The number of allylic oxidation sites excluding steroid dienone is 3. The van der Waals surface area contributed by atoms with E-state index in [0.29, 0.717) is 109 Å². The number of halogens is 2. The van der Waals surface area contributed by atoms with Gasteiger partial charge in [-0.2, -0.15) is 5.10 Å². The van der Waals surface area contributed by atoms with E-state index in [9.17, 15) is 9.59 Å². The second-order valence-electron chi connectivity index (χ2n) is 21.8. The van der Waals surface area contributed by atoms with Gasteiger partial charge in [0.05, 0.1) is 61.3 Å². The summed E-state index contributed by atoms with van der Waals surface area (Å²) in [7, 11) is 0. The van der Waals surface area contributed by atoms with Crippen LogP contribution in [0.4, 0.5) is 8.78 Å². The molecule has 2 bridgehead atoms. The first-order valence-corrected chi connectivity index (χ1v) is 31.7. The Bertz CT molecular complexity index is 4320. The summed E-state index contributed by atoms with van der Waals surface area (Å²) in [5.41, 5.74) is 12.0. The zero-order valence-electron chi connectivity index (χ0n) is 49.9. The molecule has 2 atom stereocenters. The number of para-hydroxylation sites is 1. The van der Waals surface area contributed by atoms with E-state index >= 15 is 8.78 Å². The van der Waals surface area contributed by atoms with Crippen molar-refractivity contribution < 1.29 is 42.1 Å². The van der Waals surface area contributed by atoms with Crippen LogP contribution in [0.15, 0.2) is 169 Å². The van der Waals surface area contributed by atoms with E-state index in [0.717, 1.165) is 77.9 Å². The van der Waals surface area contributed by atoms with Gasteiger partial charge in [0.2, 0.25) is 11.8 Å². The maximum absolute atomic E-state index is 15.4. The molecule has 12 rings (SSSR count). The zero-order valence-corrected chi connectivity index (χ0v) is 51.5. The van der Waals surface area contributed by atoms with E-state index in [2.05, 4.69) is 58.6 Å². The molecule has 0 fully saturated rings. The number of hydrogen-bond donors (Lipinski definition) is 3. The van der Waals surface area contributed by atoms with Gasteiger partial charge in [-0.3, -0.25) is 19.7 Å². The Kier molecular flexibility index (Phi) is 18.9. The summed E-state index contributed by atoms with van der Waals surface area (Å²) in [6, 6.07) is 24.3. The third kappa shape index (κ3) is 13.3. The van der Waals surface area contributed by atoms with Crippen LogP contribution in [0.3, 0.4) is 0 Å². The highest BCUT2D eigenvalue weighted by atomic mass is 32.1. The fraction of sp³-hybridized carbons (Fsp3) is 0.239. The van der Waals surface area contributed by atoms with Crippen LogP contribution in [0.25, 0.3) is 81.9 Å². The highest BCUT2D eigenvalue weighted by Gasteiger charge is 2.29. The number of hydrogen-bond acceptors (Lipinski definition) is 14. The quantitative estimate of drug-likeness (QED) is 0.0422. The number of H-pyrrole nitrogens is 1. The van der Waals surface area contributed by atoms with E-state index in [4.69, 9.17) is 43.7 Å². The number of aromatic nitrogens is 5. The van der Waals surface area contributed by atoms with Crippen molar-refractivity contribution >= 4 is 60.2 Å². The summed E-state index contributed by atoms with van der Waals surface area (Å²) in [5, 5.41) is 20.2. The number of nitrogens with one attached hydrogen (secondary N) is 3. The van der Waals surface area contributed by atoms with Gasteiger partial charge in [0.25, 0.3) is 0 Å². The molecule has 3 N–H and O–H groups in total. The zero-order chi connectivity index (χ0) is 62.1. The number of carbonyl (C=O) groups excluding carboxylic acids is 2. The second-order valence-corrected chi connectivity index (χ2v) is 23.6. The molecule has 3 aliphatic rings. The maximum atomic E-state index is 15.4. The molecule has 8 heterocycles. The molecule has 1 aliphatic carbocycles. The van der Waals surface area contributed by atoms with Gasteiger partial charge in [0, 0.05) is 121 Å². The maximum Gasteiger partial charge on any atom is 0.246 e. The monoisotopic (exact) mass is 1240 g/mol. The number of amides is 2. The molecule has 6 aromatic heterocycles. The number of aromatic amines is 1. The Balaban J connectivity index is 0.781. The van der Waals surface area contributed by atoms with Crippen molar-refractivity contribution in [3.8, 4) is 73.4 Å². The SMILES string of the molecule is C=CCCOc1ccccc1-c1nc(-c2cc([C@@H](C)NC(=O)C=C)[nH]n2)c(-c2ccc(F)cc2OCCOC(C)C=CC(=O)N2CCc3ncc(-c4nc5c6ccsc6c4-c4ccc(F)cc4OCCOC/C=C/CNC4=C5CCC=C4)cc3C2)c2sccc12. The number of fused-ring (bicyclic) bond motifs is 5. The standard InChI is InChI=1S/C71H66F2N8O7S2/c1-5-7-30-86-59-17-11-9-15-52(59)68-54-26-36-90-71(54)65(69(78-68)58-40-57(79-80-58)44(4)76-62(82)6-2)51-22-20-48(73)39-61(51)88-34-33-85-43(3)18-23-63(83)81-28-24-55-46(42-81)37-45(41-75-55)66-64-50-21-19-47(72)38-60(50)87-32-31-84-29-13-12-27-74-56-16-10-8-14-49(56)67(77-66)53-25-35-89-70(53)64/h5-6,9-13,15-23,25-26,35-41,43-44,74H,1-2,7-8,14,24,27-34,42H2,3-4H3,(H,76,82)(H,79,80)/b13-12+,23-18?/t43?,44-/m1/s1. The first-order valence-electron chi connectivity index (χ1n) is 30.0. The Hall–Kier alpha value is -9.40. The minimum Gasteiger partial charge on any atom is -0.493 e. The number of thiophene rings is 2. The Morgan fingerprint density at radius 1 is 0.811 bits per heavy atom. The summed E-state index contributed by atoms with van der Waals surface area (Å²) >= 11 is 3.11. The van der Waals surface area contributed by atoms with Crippen LogP contribution in [0.1, 0.15) is 61.8 Å². The van der Waals surface area contributed by atoms with Gasteiger partial charge in [0.1, 0.15) is 53.5 Å². The van der Waals surface area contributed by atoms with Crippen molar-refractivity contribution in [1.82, 2.24) is 40.7 Å². The summed E-state index contributed by atoms with van der Waals surface area (Å²) < 4.78 is 63.4. The highest BCUT2D eigenvalue weighted by molar-refractivity contribution is 7.18. The van der Waals surface area contributed by atoms with Crippen LogP contribution in [-0.4, -0.2) is 101 Å². The Labute approximate surface area is 528 Å². The van der Waals surface area contributed by atoms with Crippen LogP contribution in [-0.2, 0) is 32.0 Å². The minimum absolute atomic E-state index is 0.0456. The third-order valence-corrected chi connectivity index (χ3v) is 17.7. The molecule has 9 aromatic rings. The van der Waals surface area contributed by atoms with Crippen LogP contribution < -0.4 is 24.8 Å². The van der Waals surface area contributed by atoms with Crippen LogP contribution in [0.2, 0.25) is 0 Å². The van der Waals surface area contributed by atoms with Gasteiger partial charge in [-0.05, 0) is 122 Å². The highest BCUT2D eigenvalue weighted by Crippen LogP contribution is 2.49. The van der Waals surface area contributed by atoms with E-state index in [1.54, 1.807) is 40.5 Å². The molecule has 90 heavy (non-hydrogen) atoms. The smallest absolute Gasteiger partial charge is 0.246 e. The van der Waals surface area contributed by atoms with Crippen molar-refractivity contribution in [2.24, 2.45) is 0 Å². The molecule has 2 amide bonds. The van der Waals surface area contributed by atoms with Gasteiger partial charge < -0.3 is 39.2 Å². The van der Waals surface area contributed by atoms with Crippen molar-refractivity contribution in [1.29, 1.82) is 0 Å². The van der Waals surface area contributed by atoms with E-state index in [-0.39, 0.29) is 37.4 Å². The normalized spacial score (nSPS) is 15.3. The molecule has 2 aliphatic heterocycles. The van der Waals surface area contributed by atoms with Crippen molar-refractivity contribution in [2.75, 3.05) is 52.7 Å². The minimum atomic E-state index is -0.497. The molecule has 3 aromatic carbocycles. The summed E-state index contributed by atoms with van der Waals surface area (Å²) in [6.07, 6.45) is 18.8. The van der Waals surface area contributed by atoms with E-state index in [1.807, 2.05) is 74.0 Å². The lowest BCUT2D eigenvalue weighted by Gasteiger charge is -2.28. The number of pyridine rings is 3. The first-order chi connectivity index (χ1) is 44.0. The van der Waals surface area contributed by atoms with Crippen molar-refractivity contribution in [3.05, 3.63) is 204 Å². The topological polar surface area (TPSA) is 175 Å². The number of ether oxygens (including phenoxy) is 5. The summed E-state index contributed by atoms with van der Waals surface area (Å²) in [4.78, 5) is 44.1. The van der Waals surface area contributed by atoms with E-state index in [1.165, 1.54) is 47.8 Å². The second kappa shape index (κ2) is 28.0. The molecule has 15 nitrogen and oxygen atoms in total. The lowest BCUT2D eigenvalue weighted by molar-refractivity contribution is -0.127. The summed E-state index contributed by atoms with van der Waals surface area (Å²) in [6.45, 7) is 14.0. The molecule has 19 heteroatoms. The average Bonchev–Trinajstić information content (AvgIpc) is 1.36. The summed E-state index contributed by atoms with van der Waals surface area (Å²) in [5.74, 6) is -0.141. The number of carbonyl (C=O) groups is 2. The lowest BCUT2D eigenvalue weighted by atomic mass is 9.92. The molecule has 0 saturated heterocycles. The van der Waals surface area contributed by atoms with Crippen molar-refractivity contribution in [2.45, 2.75) is 58.2 Å². The fourth-order valence-electron chi connectivity index (χ4n) is 11.4. The van der Waals surface area contributed by atoms with Crippen molar-refractivity contribution in [3.63, 3.8) is 0 Å². The first kappa shape index (κ1) is 60.9.